The lowest BCUT2D eigenvalue weighted by Crippen LogP contribution is -2.27. The van der Waals surface area contributed by atoms with E-state index in [2.05, 4.69) is 5.32 Å². The Kier molecular flexibility index (Phi) is 4.06. The van der Waals surface area contributed by atoms with Gasteiger partial charge in [0.1, 0.15) is 6.54 Å². The van der Waals surface area contributed by atoms with Crippen molar-refractivity contribution in [2.45, 2.75) is 20.0 Å². The number of hydrogen-bond acceptors (Lipinski definition) is 3. The molecular formula is C17H16N2O2S. The Morgan fingerprint density at radius 1 is 1.27 bits per heavy atom. The molecule has 1 N–H and O–H groups in total. The molecule has 2 aromatic heterocycles. The number of para-hydroxylation sites is 1. The van der Waals surface area contributed by atoms with Gasteiger partial charge in [-0.05, 0) is 24.4 Å². The third-order valence-electron chi connectivity index (χ3n) is 3.74. The number of aldehydes is 1. The SMILES string of the molecule is Cc1c(C=O)c2ccccc2n1CC(=O)NCc1cccs1. The number of rotatable bonds is 5. The van der Waals surface area contributed by atoms with Crippen LogP contribution in [-0.4, -0.2) is 16.8 Å². The Morgan fingerprint density at radius 2 is 2.09 bits per heavy atom. The lowest BCUT2D eigenvalue weighted by Gasteiger charge is -2.09. The van der Waals surface area contributed by atoms with Crippen LogP contribution in [0.15, 0.2) is 41.8 Å². The molecule has 3 aromatic rings. The van der Waals surface area contributed by atoms with Gasteiger partial charge >= 0.3 is 0 Å². The lowest BCUT2D eigenvalue weighted by atomic mass is 10.1. The molecule has 5 heteroatoms. The Labute approximate surface area is 132 Å². The number of carbonyl (C=O) groups excluding carboxylic acids is 2. The van der Waals surface area contributed by atoms with Crippen molar-refractivity contribution >= 4 is 34.4 Å². The van der Waals surface area contributed by atoms with E-state index in [1.54, 1.807) is 11.3 Å². The fraction of sp³-hybridized carbons (Fsp3) is 0.176. The van der Waals surface area contributed by atoms with Crippen LogP contribution in [0.25, 0.3) is 10.9 Å². The van der Waals surface area contributed by atoms with Gasteiger partial charge in [-0.1, -0.05) is 24.3 Å². The van der Waals surface area contributed by atoms with Gasteiger partial charge in [-0.2, -0.15) is 0 Å². The van der Waals surface area contributed by atoms with Crippen molar-refractivity contribution in [3.05, 3.63) is 57.9 Å². The van der Waals surface area contributed by atoms with Crippen LogP contribution in [0.1, 0.15) is 20.9 Å². The summed E-state index contributed by atoms with van der Waals surface area (Å²) in [6, 6.07) is 11.6. The smallest absolute Gasteiger partial charge is 0.240 e. The molecule has 0 atom stereocenters. The molecule has 4 nitrogen and oxygen atoms in total. The van der Waals surface area contributed by atoms with Crippen molar-refractivity contribution in [2.24, 2.45) is 0 Å². The number of fused-ring (bicyclic) bond motifs is 1. The van der Waals surface area contributed by atoms with Gasteiger partial charge in [0.05, 0.1) is 6.54 Å². The fourth-order valence-electron chi connectivity index (χ4n) is 2.61. The number of benzene rings is 1. The normalized spacial score (nSPS) is 10.8. The Bertz CT molecular complexity index is 819. The van der Waals surface area contributed by atoms with Gasteiger partial charge < -0.3 is 9.88 Å². The number of nitrogens with one attached hydrogen (secondary N) is 1. The molecule has 0 fully saturated rings. The minimum absolute atomic E-state index is 0.0605. The molecule has 0 radical (unpaired) electrons. The van der Waals surface area contributed by atoms with E-state index < -0.39 is 0 Å². The van der Waals surface area contributed by atoms with E-state index in [4.69, 9.17) is 0 Å². The largest absolute Gasteiger partial charge is 0.350 e. The van der Waals surface area contributed by atoms with Gasteiger partial charge in [-0.25, -0.2) is 0 Å². The third-order valence-corrected chi connectivity index (χ3v) is 4.62. The second-order valence-corrected chi connectivity index (χ2v) is 6.11. The number of amides is 1. The van der Waals surface area contributed by atoms with E-state index in [1.165, 1.54) is 0 Å². The maximum atomic E-state index is 12.2. The van der Waals surface area contributed by atoms with Crippen LogP contribution in [0.4, 0.5) is 0 Å². The summed E-state index contributed by atoms with van der Waals surface area (Å²) in [5.41, 5.74) is 2.39. The van der Waals surface area contributed by atoms with Crippen molar-refractivity contribution in [1.29, 1.82) is 0 Å². The van der Waals surface area contributed by atoms with Crippen LogP contribution in [-0.2, 0) is 17.9 Å². The van der Waals surface area contributed by atoms with Gasteiger partial charge in [-0.3, -0.25) is 9.59 Å². The second kappa shape index (κ2) is 6.15. The van der Waals surface area contributed by atoms with Gasteiger partial charge in [-0.15, -0.1) is 11.3 Å². The second-order valence-electron chi connectivity index (χ2n) is 5.08. The van der Waals surface area contributed by atoms with Crippen LogP contribution in [0.2, 0.25) is 0 Å². The number of hydrogen-bond donors (Lipinski definition) is 1. The predicted molar refractivity (Wildman–Crippen MR) is 88.2 cm³/mol. The fourth-order valence-corrected chi connectivity index (χ4v) is 3.25. The highest BCUT2D eigenvalue weighted by Gasteiger charge is 2.15. The third kappa shape index (κ3) is 2.67. The molecule has 0 bridgehead atoms. The summed E-state index contributed by atoms with van der Waals surface area (Å²) in [4.78, 5) is 24.6. The van der Waals surface area contributed by atoms with E-state index in [0.29, 0.717) is 12.1 Å². The Balaban J connectivity index is 1.82. The average molecular weight is 312 g/mol. The molecule has 0 spiro atoms. The highest BCUT2D eigenvalue weighted by molar-refractivity contribution is 7.09. The molecule has 0 aliphatic heterocycles. The first-order valence-corrected chi connectivity index (χ1v) is 7.90. The Hall–Kier alpha value is -2.40. The quantitative estimate of drug-likeness (QED) is 0.736. The first kappa shape index (κ1) is 14.5. The van der Waals surface area contributed by atoms with E-state index >= 15 is 0 Å². The van der Waals surface area contributed by atoms with Crippen molar-refractivity contribution < 1.29 is 9.59 Å². The number of carbonyl (C=O) groups is 2. The highest BCUT2D eigenvalue weighted by atomic mass is 32.1. The topological polar surface area (TPSA) is 51.1 Å². The van der Waals surface area contributed by atoms with E-state index in [0.717, 1.165) is 27.8 Å². The molecule has 0 saturated heterocycles. The van der Waals surface area contributed by atoms with Crippen molar-refractivity contribution in [3.63, 3.8) is 0 Å². The van der Waals surface area contributed by atoms with Crippen LogP contribution < -0.4 is 5.32 Å². The van der Waals surface area contributed by atoms with Gasteiger partial charge in [0.15, 0.2) is 6.29 Å². The molecular weight excluding hydrogens is 296 g/mol. The first-order valence-electron chi connectivity index (χ1n) is 7.03. The minimum atomic E-state index is -0.0605. The van der Waals surface area contributed by atoms with Gasteiger partial charge in [0, 0.05) is 27.0 Å². The van der Waals surface area contributed by atoms with Crippen LogP contribution >= 0.6 is 11.3 Å². The van der Waals surface area contributed by atoms with Gasteiger partial charge in [0.2, 0.25) is 5.91 Å². The average Bonchev–Trinajstić information content (AvgIpc) is 3.13. The van der Waals surface area contributed by atoms with Crippen molar-refractivity contribution in [2.75, 3.05) is 0 Å². The molecule has 3 rings (SSSR count). The predicted octanol–water partition coefficient (Wildman–Crippen LogP) is 3.14. The van der Waals surface area contributed by atoms with Crippen LogP contribution in [0.3, 0.4) is 0 Å². The summed E-state index contributed by atoms with van der Waals surface area (Å²) in [7, 11) is 0. The van der Waals surface area contributed by atoms with E-state index in [-0.39, 0.29) is 12.5 Å². The van der Waals surface area contributed by atoms with Crippen LogP contribution in [0, 0.1) is 6.92 Å². The van der Waals surface area contributed by atoms with Gasteiger partial charge in [0.25, 0.3) is 0 Å². The molecule has 0 aliphatic rings. The van der Waals surface area contributed by atoms with E-state index in [9.17, 15) is 9.59 Å². The summed E-state index contributed by atoms with van der Waals surface area (Å²) in [5, 5.41) is 5.79. The molecule has 0 aliphatic carbocycles. The maximum absolute atomic E-state index is 12.2. The molecule has 112 valence electrons. The zero-order chi connectivity index (χ0) is 15.5. The number of nitrogens with zero attached hydrogens (tertiary/aromatic N) is 1. The Morgan fingerprint density at radius 3 is 2.82 bits per heavy atom. The molecule has 1 amide bonds. The van der Waals surface area contributed by atoms with E-state index in [1.807, 2.05) is 53.3 Å². The van der Waals surface area contributed by atoms with Crippen molar-refractivity contribution in [3.8, 4) is 0 Å². The van der Waals surface area contributed by atoms with Crippen molar-refractivity contribution in [1.82, 2.24) is 9.88 Å². The summed E-state index contributed by atoms with van der Waals surface area (Å²) in [5.74, 6) is -0.0605. The molecule has 2 heterocycles. The summed E-state index contributed by atoms with van der Waals surface area (Å²) >= 11 is 1.62. The highest BCUT2D eigenvalue weighted by Crippen LogP contribution is 2.24. The lowest BCUT2D eigenvalue weighted by molar-refractivity contribution is -0.121. The zero-order valence-corrected chi connectivity index (χ0v) is 13.0. The monoisotopic (exact) mass is 312 g/mol. The minimum Gasteiger partial charge on any atom is -0.350 e. The summed E-state index contributed by atoms with van der Waals surface area (Å²) in [6.45, 7) is 2.62. The zero-order valence-electron chi connectivity index (χ0n) is 12.2. The molecule has 22 heavy (non-hydrogen) atoms. The summed E-state index contributed by atoms with van der Waals surface area (Å²) in [6.07, 6.45) is 0.859. The summed E-state index contributed by atoms with van der Waals surface area (Å²) < 4.78 is 1.89. The molecule has 0 saturated carbocycles. The van der Waals surface area contributed by atoms with Crippen LogP contribution in [0.5, 0.6) is 0 Å². The molecule has 1 aromatic carbocycles. The number of aromatic nitrogens is 1. The standard InChI is InChI=1S/C17H16N2O2S/c1-12-15(11-20)14-6-2-3-7-16(14)19(12)10-17(21)18-9-13-5-4-8-22-13/h2-8,11H,9-10H2,1H3,(H,18,21). The maximum Gasteiger partial charge on any atom is 0.240 e. The molecule has 0 unspecified atom stereocenters. The number of thiophene rings is 1. The first-order chi connectivity index (χ1) is 10.7.